The normalized spacial score (nSPS) is 43.6. The van der Waals surface area contributed by atoms with Crippen molar-refractivity contribution in [3.8, 4) is 0 Å². The lowest BCUT2D eigenvalue weighted by Crippen LogP contribution is -2.44. The Morgan fingerprint density at radius 2 is 1.29 bits per heavy atom. The molecule has 3 rings (SSSR count). The van der Waals surface area contributed by atoms with Crippen LogP contribution in [-0.2, 0) is 4.43 Å². The zero-order valence-electron chi connectivity index (χ0n) is 13.2. The Hall–Kier alpha value is 1.34. The van der Waals surface area contributed by atoms with Crippen LogP contribution in [0.2, 0.25) is 18.1 Å². The highest BCUT2D eigenvalue weighted by atomic mass is 35.5. The highest BCUT2D eigenvalue weighted by Gasteiger charge is 2.80. The van der Waals surface area contributed by atoms with E-state index in [0.717, 1.165) is 12.8 Å². The largest absolute Gasteiger partial charge is 0.414 e. The molecule has 3 aliphatic carbocycles. The van der Waals surface area contributed by atoms with E-state index >= 15 is 0 Å². The molecule has 0 N–H and O–H groups in total. The van der Waals surface area contributed by atoms with E-state index in [-0.39, 0.29) is 34.8 Å². The average molecular weight is 390 g/mol. The fraction of sp³-hybridized carbons (Fsp3) is 1.00. The molecule has 0 radical (unpaired) electrons. The number of rotatable bonds is 2. The number of hydrogen-bond acceptors (Lipinski definition) is 1. The zero-order valence-corrected chi connectivity index (χ0v) is 17.2. The van der Waals surface area contributed by atoms with Gasteiger partial charge in [-0.15, -0.1) is 46.4 Å². The van der Waals surface area contributed by atoms with E-state index in [1.54, 1.807) is 0 Å². The van der Waals surface area contributed by atoms with Gasteiger partial charge < -0.3 is 4.43 Å². The van der Waals surface area contributed by atoms with Gasteiger partial charge >= 0.3 is 0 Å². The Morgan fingerprint density at radius 3 is 1.62 bits per heavy atom. The molecular formula is C15H24Cl4OSi. The summed E-state index contributed by atoms with van der Waals surface area (Å²) in [6.07, 6.45) is 2.08. The van der Waals surface area contributed by atoms with Gasteiger partial charge in [-0.25, -0.2) is 0 Å². The van der Waals surface area contributed by atoms with E-state index in [1.807, 2.05) is 0 Å². The van der Waals surface area contributed by atoms with E-state index < -0.39 is 17.0 Å². The van der Waals surface area contributed by atoms with Crippen molar-refractivity contribution in [3.63, 3.8) is 0 Å². The lowest BCUT2D eigenvalue weighted by Gasteiger charge is -2.39. The predicted molar refractivity (Wildman–Crippen MR) is 94.1 cm³/mol. The van der Waals surface area contributed by atoms with Crippen LogP contribution >= 0.6 is 46.4 Å². The van der Waals surface area contributed by atoms with Gasteiger partial charge in [-0.3, -0.25) is 0 Å². The van der Waals surface area contributed by atoms with Gasteiger partial charge in [0.15, 0.2) is 8.32 Å². The summed E-state index contributed by atoms with van der Waals surface area (Å²) in [5.41, 5.74) is 0. The van der Waals surface area contributed by atoms with Crippen LogP contribution in [0.5, 0.6) is 0 Å². The second kappa shape index (κ2) is 4.70. The quantitative estimate of drug-likeness (QED) is 0.415. The molecule has 3 aliphatic rings. The summed E-state index contributed by atoms with van der Waals surface area (Å²) in [7, 11) is -1.80. The molecule has 0 aromatic carbocycles. The minimum Gasteiger partial charge on any atom is -0.414 e. The number of alkyl halides is 4. The van der Waals surface area contributed by atoms with Crippen molar-refractivity contribution < 1.29 is 4.43 Å². The van der Waals surface area contributed by atoms with Gasteiger partial charge in [0, 0.05) is 29.8 Å². The lowest BCUT2D eigenvalue weighted by atomic mass is 10.1. The summed E-state index contributed by atoms with van der Waals surface area (Å²) in [5, 5.41) is 0.198. The van der Waals surface area contributed by atoms with Gasteiger partial charge in [0.25, 0.3) is 0 Å². The standard InChI is InChI=1S/C15H24Cl4OSi/c1-13(2,3)21(4,5)20-8-6-9-11(14(9,16)17)12-10(7-8)15(12,18)19/h8-12H,6-7H2,1-5H3/t8?,9-,10+,11-,12+. The molecule has 0 aromatic rings. The molecule has 0 aliphatic heterocycles. The minimum atomic E-state index is -1.80. The first-order chi connectivity index (χ1) is 9.30. The van der Waals surface area contributed by atoms with Crippen LogP contribution in [0.4, 0.5) is 0 Å². The topological polar surface area (TPSA) is 9.23 Å². The first-order valence-corrected chi connectivity index (χ1v) is 12.2. The van der Waals surface area contributed by atoms with Crippen LogP contribution in [0.1, 0.15) is 33.6 Å². The highest BCUT2D eigenvalue weighted by molar-refractivity contribution is 6.74. The summed E-state index contributed by atoms with van der Waals surface area (Å²) < 4.78 is 5.31. The highest BCUT2D eigenvalue weighted by Crippen LogP contribution is 2.79. The van der Waals surface area contributed by atoms with E-state index in [0.29, 0.717) is 0 Å². The lowest BCUT2D eigenvalue weighted by molar-refractivity contribution is 0.151. The monoisotopic (exact) mass is 388 g/mol. The maximum absolute atomic E-state index is 6.61. The summed E-state index contributed by atoms with van der Waals surface area (Å²) in [6, 6.07) is 0. The Bertz CT molecular complexity index is 429. The molecule has 122 valence electrons. The van der Waals surface area contributed by atoms with Crippen molar-refractivity contribution >= 4 is 54.7 Å². The molecule has 3 fully saturated rings. The molecule has 0 aromatic heterocycles. The van der Waals surface area contributed by atoms with Gasteiger partial charge in [0.2, 0.25) is 0 Å². The molecule has 3 saturated carbocycles. The second-order valence-corrected chi connectivity index (χ2v) is 16.2. The average Bonchev–Trinajstić information content (AvgIpc) is 3.01. The third kappa shape index (κ3) is 2.61. The van der Waals surface area contributed by atoms with Crippen molar-refractivity contribution in [2.45, 2.75) is 66.5 Å². The fourth-order valence-corrected chi connectivity index (χ4v) is 6.95. The van der Waals surface area contributed by atoms with Crippen molar-refractivity contribution in [2.24, 2.45) is 23.7 Å². The maximum Gasteiger partial charge on any atom is 0.192 e. The summed E-state index contributed by atoms with van der Waals surface area (Å²) >= 11 is 25.9. The number of fused-ring (bicyclic) bond motifs is 3. The minimum absolute atomic E-state index is 0.187. The first kappa shape index (κ1) is 17.2. The van der Waals surface area contributed by atoms with Crippen LogP contribution in [0.25, 0.3) is 0 Å². The van der Waals surface area contributed by atoms with Crippen LogP contribution in [0, 0.1) is 23.7 Å². The number of hydrogen-bond donors (Lipinski definition) is 0. The Labute approximate surface area is 149 Å². The van der Waals surface area contributed by atoms with Crippen LogP contribution in [0.3, 0.4) is 0 Å². The van der Waals surface area contributed by atoms with Crippen LogP contribution in [0.15, 0.2) is 0 Å². The van der Waals surface area contributed by atoms with Crippen LogP contribution < -0.4 is 0 Å². The van der Waals surface area contributed by atoms with Gasteiger partial charge in [-0.2, -0.15) is 0 Å². The maximum atomic E-state index is 6.61. The van der Waals surface area contributed by atoms with E-state index in [9.17, 15) is 0 Å². The van der Waals surface area contributed by atoms with E-state index in [2.05, 4.69) is 33.9 Å². The molecular weight excluding hydrogens is 366 g/mol. The van der Waals surface area contributed by atoms with Crippen molar-refractivity contribution in [1.29, 1.82) is 0 Å². The summed E-state index contributed by atoms with van der Waals surface area (Å²) in [5.74, 6) is 1.05. The molecule has 0 heterocycles. The Kier molecular flexibility index (Phi) is 3.84. The van der Waals surface area contributed by atoms with Gasteiger partial charge in [0.1, 0.15) is 8.67 Å². The second-order valence-electron chi connectivity index (χ2n) is 8.59. The molecule has 0 saturated heterocycles. The van der Waals surface area contributed by atoms with E-state index in [4.69, 9.17) is 50.8 Å². The first-order valence-electron chi connectivity index (χ1n) is 7.73. The van der Waals surface area contributed by atoms with Gasteiger partial charge in [0.05, 0.1) is 0 Å². The Balaban J connectivity index is 1.77. The molecule has 5 atom stereocenters. The molecule has 0 amide bonds. The molecule has 1 nitrogen and oxygen atoms in total. The molecule has 0 bridgehead atoms. The molecule has 21 heavy (non-hydrogen) atoms. The van der Waals surface area contributed by atoms with E-state index in [1.165, 1.54) is 0 Å². The van der Waals surface area contributed by atoms with Crippen molar-refractivity contribution in [2.75, 3.05) is 0 Å². The van der Waals surface area contributed by atoms with Crippen molar-refractivity contribution in [3.05, 3.63) is 0 Å². The van der Waals surface area contributed by atoms with Crippen LogP contribution in [-0.4, -0.2) is 23.1 Å². The molecule has 0 spiro atoms. The van der Waals surface area contributed by atoms with Gasteiger partial charge in [-0.1, -0.05) is 20.8 Å². The Morgan fingerprint density at radius 1 is 0.905 bits per heavy atom. The smallest absolute Gasteiger partial charge is 0.192 e. The fourth-order valence-electron chi connectivity index (χ4n) is 3.77. The third-order valence-corrected chi connectivity index (χ3v) is 12.9. The SMILES string of the molecule is CC(C)(C)[Si](C)(C)OC1C[C@@H]2[C@H]([C@@H]3[C@H](C1)C3(Cl)Cl)C2(Cl)Cl. The molecule has 1 unspecified atom stereocenters. The zero-order chi connectivity index (χ0) is 16.0. The van der Waals surface area contributed by atoms with Crippen molar-refractivity contribution in [1.82, 2.24) is 0 Å². The molecule has 6 heteroatoms. The number of halogens is 4. The third-order valence-electron chi connectivity index (χ3n) is 6.21. The summed E-state index contributed by atoms with van der Waals surface area (Å²) in [4.78, 5) is 0. The predicted octanol–water partition coefficient (Wildman–Crippen LogP) is 6.01. The summed E-state index contributed by atoms with van der Waals surface area (Å²) in [6.45, 7) is 11.4. The van der Waals surface area contributed by atoms with Gasteiger partial charge in [-0.05, 0) is 31.0 Å².